The fourth-order valence-electron chi connectivity index (χ4n) is 3.64. The Morgan fingerprint density at radius 1 is 1.29 bits per heavy atom. The summed E-state index contributed by atoms with van der Waals surface area (Å²) in [4.78, 5) is 32.0. The van der Waals surface area contributed by atoms with Crippen LogP contribution < -0.4 is 0 Å². The first-order valence-electron chi connectivity index (χ1n) is 9.14. The first-order chi connectivity index (χ1) is 14.4. The lowest BCUT2D eigenvalue weighted by Gasteiger charge is -2.33. The molecule has 0 fully saturated rings. The first-order valence-corrected chi connectivity index (χ1v) is 12.8. The van der Waals surface area contributed by atoms with Gasteiger partial charge in [-0.15, -0.1) is 0 Å². The minimum absolute atomic E-state index is 0.128. The van der Waals surface area contributed by atoms with Crippen LogP contribution in [0.1, 0.15) is 22.6 Å². The van der Waals surface area contributed by atoms with E-state index in [0.29, 0.717) is 23.1 Å². The van der Waals surface area contributed by atoms with Gasteiger partial charge in [0, 0.05) is 29.1 Å². The zero-order chi connectivity index (χ0) is 22.9. The van der Waals surface area contributed by atoms with Crippen molar-refractivity contribution in [2.45, 2.75) is 17.4 Å². The van der Waals surface area contributed by atoms with E-state index in [4.69, 9.17) is 28.3 Å². The van der Waals surface area contributed by atoms with Crippen molar-refractivity contribution in [2.24, 2.45) is 0 Å². The molecule has 0 radical (unpaired) electrons. The standard InChI is InChI=1S/C19H21Cl2N2O6PS/c1-22-8-16(15-6-13(20)7-18(21)17(15)9-22)12-3-2-4-14(5-12)31(29)23(10-19(24)25)11-30(26,27)28/h2-7,16H,8-11H2,1H3,(H,24,25)(H2,26,27,28). The molecule has 3 rings (SSSR count). The van der Waals surface area contributed by atoms with E-state index in [9.17, 15) is 23.4 Å². The molecule has 0 aliphatic carbocycles. The first kappa shape index (κ1) is 24.4. The smallest absolute Gasteiger partial charge is 0.340 e. The quantitative estimate of drug-likeness (QED) is 0.493. The van der Waals surface area contributed by atoms with Crippen molar-refractivity contribution in [1.82, 2.24) is 9.21 Å². The highest BCUT2D eigenvalue weighted by Gasteiger charge is 2.29. The highest BCUT2D eigenvalue weighted by Crippen LogP contribution is 2.39. The van der Waals surface area contributed by atoms with Gasteiger partial charge in [-0.3, -0.25) is 9.36 Å². The van der Waals surface area contributed by atoms with Crippen molar-refractivity contribution in [2.75, 3.05) is 26.4 Å². The average Bonchev–Trinajstić information content (AvgIpc) is 2.65. The van der Waals surface area contributed by atoms with E-state index in [2.05, 4.69) is 4.90 Å². The number of hydrogen-bond acceptors (Lipinski definition) is 4. The Bertz CT molecular complexity index is 1080. The van der Waals surface area contributed by atoms with Gasteiger partial charge in [-0.1, -0.05) is 35.3 Å². The third-order valence-corrected chi connectivity index (χ3v) is 7.68. The molecule has 12 heteroatoms. The number of carboxylic acids is 1. The number of carboxylic acid groups (broad SMARTS) is 1. The number of nitrogens with zero attached hydrogens (tertiary/aromatic N) is 2. The van der Waals surface area contributed by atoms with Gasteiger partial charge >= 0.3 is 13.6 Å². The Hall–Kier alpha value is -1.29. The lowest BCUT2D eigenvalue weighted by Crippen LogP contribution is -2.33. The number of fused-ring (bicyclic) bond motifs is 1. The summed E-state index contributed by atoms with van der Waals surface area (Å²) in [6.45, 7) is 0.533. The van der Waals surface area contributed by atoms with Crippen molar-refractivity contribution in [3.8, 4) is 0 Å². The summed E-state index contributed by atoms with van der Waals surface area (Å²) >= 11 is 12.6. The van der Waals surface area contributed by atoms with Crippen LogP contribution in [-0.2, 0) is 26.9 Å². The molecule has 8 nitrogen and oxygen atoms in total. The van der Waals surface area contributed by atoms with Gasteiger partial charge in [0.2, 0.25) is 0 Å². The molecule has 31 heavy (non-hydrogen) atoms. The molecular formula is C19H21Cl2N2O6PS. The lowest BCUT2D eigenvalue weighted by atomic mass is 9.85. The molecule has 2 unspecified atom stereocenters. The molecule has 0 aromatic heterocycles. The zero-order valence-corrected chi connectivity index (χ0v) is 19.7. The van der Waals surface area contributed by atoms with Gasteiger partial charge in [0.1, 0.15) is 23.8 Å². The highest BCUT2D eigenvalue weighted by atomic mass is 35.5. The third-order valence-electron chi connectivity index (χ3n) is 4.84. The molecule has 3 N–H and O–H groups in total. The predicted octanol–water partition coefficient (Wildman–Crippen LogP) is 3.12. The van der Waals surface area contributed by atoms with Crippen molar-refractivity contribution in [3.05, 3.63) is 63.1 Å². The molecular weight excluding hydrogens is 486 g/mol. The van der Waals surface area contributed by atoms with Gasteiger partial charge in [-0.25, -0.2) is 4.21 Å². The number of carbonyl (C=O) groups is 1. The van der Waals surface area contributed by atoms with Crippen molar-refractivity contribution in [1.29, 1.82) is 0 Å². The number of hydrogen-bond donors (Lipinski definition) is 3. The summed E-state index contributed by atoms with van der Waals surface area (Å²) in [5.41, 5.74) is 2.71. The zero-order valence-electron chi connectivity index (χ0n) is 16.4. The summed E-state index contributed by atoms with van der Waals surface area (Å²) in [6, 6.07) is 10.3. The second kappa shape index (κ2) is 9.68. The number of aliphatic carboxylic acids is 1. The van der Waals surface area contributed by atoms with Gasteiger partial charge < -0.3 is 19.8 Å². The molecule has 2 aromatic rings. The Balaban J connectivity index is 1.99. The number of benzene rings is 2. The van der Waals surface area contributed by atoms with E-state index in [1.54, 1.807) is 18.2 Å². The van der Waals surface area contributed by atoms with Crippen molar-refractivity contribution < 1.29 is 28.5 Å². The van der Waals surface area contributed by atoms with Gasteiger partial charge in [-0.05, 0) is 48.0 Å². The molecule has 0 saturated carbocycles. The van der Waals surface area contributed by atoms with Crippen LogP contribution in [0.5, 0.6) is 0 Å². The molecule has 0 bridgehead atoms. The molecule has 0 spiro atoms. The fourth-order valence-corrected chi connectivity index (χ4v) is 6.55. The Labute approximate surface area is 192 Å². The minimum Gasteiger partial charge on any atom is -0.480 e. The number of rotatable bonds is 7. The summed E-state index contributed by atoms with van der Waals surface area (Å²) < 4.78 is 25.1. The lowest BCUT2D eigenvalue weighted by molar-refractivity contribution is -0.137. The van der Waals surface area contributed by atoms with E-state index in [1.165, 1.54) is 6.07 Å². The molecule has 1 heterocycles. The average molecular weight is 507 g/mol. The normalized spacial score (nSPS) is 18.1. The van der Waals surface area contributed by atoms with Gasteiger partial charge in [0.15, 0.2) is 0 Å². The minimum atomic E-state index is -4.62. The van der Waals surface area contributed by atoms with E-state index in [0.717, 1.165) is 21.0 Å². The molecule has 2 atom stereocenters. The predicted molar refractivity (Wildman–Crippen MR) is 119 cm³/mol. The van der Waals surface area contributed by atoms with E-state index >= 15 is 0 Å². The van der Waals surface area contributed by atoms with E-state index < -0.39 is 37.4 Å². The SMILES string of the molecule is CN1Cc2c(Cl)cc(Cl)cc2C(c2cccc(S(=O)N(CC(=O)O)CP(=O)(O)O)c2)C1. The molecule has 0 amide bonds. The largest absolute Gasteiger partial charge is 0.480 e. The van der Waals surface area contributed by atoms with Crippen LogP contribution in [0.2, 0.25) is 10.0 Å². The van der Waals surface area contributed by atoms with Crippen LogP contribution >= 0.6 is 30.8 Å². The summed E-state index contributed by atoms with van der Waals surface area (Å²) in [5, 5.41) is 10.1. The Morgan fingerprint density at radius 2 is 2.00 bits per heavy atom. The van der Waals surface area contributed by atoms with Crippen molar-refractivity contribution in [3.63, 3.8) is 0 Å². The Morgan fingerprint density at radius 3 is 2.65 bits per heavy atom. The van der Waals surface area contributed by atoms with Gasteiger partial charge in [-0.2, -0.15) is 4.31 Å². The molecule has 168 valence electrons. The molecule has 1 aliphatic rings. The molecule has 2 aromatic carbocycles. The van der Waals surface area contributed by atoms with Crippen LogP contribution in [0.25, 0.3) is 0 Å². The fraction of sp³-hybridized carbons (Fsp3) is 0.316. The van der Waals surface area contributed by atoms with Crippen LogP contribution in [0, 0.1) is 0 Å². The van der Waals surface area contributed by atoms with Crippen LogP contribution in [-0.4, -0.2) is 60.7 Å². The number of halogens is 2. The maximum atomic E-state index is 13.0. The van der Waals surface area contributed by atoms with Crippen LogP contribution in [0.3, 0.4) is 0 Å². The second-order valence-electron chi connectivity index (χ2n) is 7.37. The maximum Gasteiger partial charge on any atom is 0.340 e. The van der Waals surface area contributed by atoms with Gasteiger partial charge in [0.05, 0.1) is 4.90 Å². The van der Waals surface area contributed by atoms with E-state index in [1.807, 2.05) is 19.2 Å². The molecule has 0 saturated heterocycles. The topological polar surface area (TPSA) is 118 Å². The Kier molecular flexibility index (Phi) is 7.61. The molecule has 1 aliphatic heterocycles. The van der Waals surface area contributed by atoms with E-state index in [-0.39, 0.29) is 10.8 Å². The van der Waals surface area contributed by atoms with Crippen LogP contribution in [0.4, 0.5) is 0 Å². The monoisotopic (exact) mass is 506 g/mol. The second-order valence-corrected chi connectivity index (χ2v) is 11.3. The van der Waals surface area contributed by atoms with Gasteiger partial charge in [0.25, 0.3) is 0 Å². The highest BCUT2D eigenvalue weighted by molar-refractivity contribution is 7.83. The third kappa shape index (κ3) is 6.15. The van der Waals surface area contributed by atoms with Crippen molar-refractivity contribution >= 4 is 47.8 Å². The maximum absolute atomic E-state index is 13.0. The summed E-state index contributed by atoms with van der Waals surface area (Å²) in [5.74, 6) is -1.47. The van der Waals surface area contributed by atoms with Crippen LogP contribution in [0.15, 0.2) is 41.3 Å². The number of likely N-dealkylation sites (N-methyl/N-ethyl adjacent to an activating group) is 1. The summed E-state index contributed by atoms with van der Waals surface area (Å²) in [6.07, 6.45) is -0.934. The summed E-state index contributed by atoms with van der Waals surface area (Å²) in [7, 11) is -4.75.